The average molecular weight is 331 g/mol. The van der Waals surface area contributed by atoms with E-state index in [9.17, 15) is 0 Å². The van der Waals surface area contributed by atoms with Gasteiger partial charge in [-0.2, -0.15) is 0 Å². The van der Waals surface area contributed by atoms with Gasteiger partial charge < -0.3 is 10.1 Å². The van der Waals surface area contributed by atoms with Crippen LogP contribution in [0.15, 0.2) is 36.4 Å². The van der Waals surface area contributed by atoms with Crippen molar-refractivity contribution in [3.63, 3.8) is 0 Å². The molecule has 0 spiro atoms. The molecular weight excluding hydrogens is 317 g/mol. The SMILES string of the molecule is CNC(c1cc(Cl)cc(Cl)c1)c1ccc(Cl)c(OC)c1. The summed E-state index contributed by atoms with van der Waals surface area (Å²) in [6, 6.07) is 11.1. The number of ether oxygens (including phenoxy) is 1. The molecule has 1 N–H and O–H groups in total. The number of hydrogen-bond acceptors (Lipinski definition) is 2. The molecule has 106 valence electrons. The van der Waals surface area contributed by atoms with Crippen molar-refractivity contribution in [2.75, 3.05) is 14.2 Å². The summed E-state index contributed by atoms with van der Waals surface area (Å²) in [5, 5.41) is 5.03. The molecule has 5 heteroatoms. The Kier molecular flexibility index (Phi) is 5.17. The first-order valence-electron chi connectivity index (χ1n) is 6.02. The molecule has 0 aliphatic carbocycles. The number of halogens is 3. The molecule has 0 amide bonds. The summed E-state index contributed by atoms with van der Waals surface area (Å²) in [5.74, 6) is 0.637. The van der Waals surface area contributed by atoms with Crippen molar-refractivity contribution in [1.82, 2.24) is 5.32 Å². The zero-order chi connectivity index (χ0) is 14.7. The lowest BCUT2D eigenvalue weighted by Gasteiger charge is -2.19. The van der Waals surface area contributed by atoms with Gasteiger partial charge >= 0.3 is 0 Å². The molecule has 2 rings (SSSR count). The molecule has 0 radical (unpaired) electrons. The Morgan fingerprint density at radius 3 is 2.15 bits per heavy atom. The molecule has 0 aromatic heterocycles. The van der Waals surface area contributed by atoms with Gasteiger partial charge in [0.2, 0.25) is 0 Å². The summed E-state index contributed by atoms with van der Waals surface area (Å²) < 4.78 is 5.25. The first-order valence-corrected chi connectivity index (χ1v) is 7.15. The van der Waals surface area contributed by atoms with Gasteiger partial charge in [-0.15, -0.1) is 0 Å². The van der Waals surface area contributed by atoms with E-state index < -0.39 is 0 Å². The molecule has 0 bridgehead atoms. The Morgan fingerprint density at radius 1 is 0.950 bits per heavy atom. The van der Waals surface area contributed by atoms with E-state index >= 15 is 0 Å². The minimum absolute atomic E-state index is 0.0441. The Labute approximate surface area is 133 Å². The summed E-state index contributed by atoms with van der Waals surface area (Å²) in [4.78, 5) is 0. The van der Waals surface area contributed by atoms with E-state index in [-0.39, 0.29) is 6.04 Å². The molecule has 2 aromatic rings. The number of hydrogen-bond donors (Lipinski definition) is 1. The third-order valence-electron chi connectivity index (χ3n) is 3.02. The summed E-state index contributed by atoms with van der Waals surface area (Å²) in [5.41, 5.74) is 2.00. The van der Waals surface area contributed by atoms with Crippen LogP contribution in [-0.4, -0.2) is 14.2 Å². The van der Waals surface area contributed by atoms with Gasteiger partial charge in [-0.1, -0.05) is 40.9 Å². The maximum Gasteiger partial charge on any atom is 0.137 e. The molecule has 2 aromatic carbocycles. The van der Waals surface area contributed by atoms with E-state index in [4.69, 9.17) is 39.5 Å². The minimum Gasteiger partial charge on any atom is -0.495 e. The fourth-order valence-electron chi connectivity index (χ4n) is 2.12. The van der Waals surface area contributed by atoms with Crippen molar-refractivity contribution < 1.29 is 4.74 Å². The van der Waals surface area contributed by atoms with Crippen LogP contribution in [0.3, 0.4) is 0 Å². The summed E-state index contributed by atoms with van der Waals surface area (Å²) in [6.07, 6.45) is 0. The van der Waals surface area contributed by atoms with Crippen LogP contribution in [0, 0.1) is 0 Å². The van der Waals surface area contributed by atoms with Gasteiger partial charge in [0.05, 0.1) is 18.2 Å². The number of nitrogens with one attached hydrogen (secondary N) is 1. The second kappa shape index (κ2) is 6.68. The smallest absolute Gasteiger partial charge is 0.137 e. The van der Waals surface area contributed by atoms with Gasteiger partial charge in [0, 0.05) is 10.0 Å². The molecule has 0 saturated heterocycles. The second-order valence-electron chi connectivity index (χ2n) is 4.32. The highest BCUT2D eigenvalue weighted by Crippen LogP contribution is 2.32. The zero-order valence-electron chi connectivity index (χ0n) is 11.1. The highest BCUT2D eigenvalue weighted by atomic mass is 35.5. The van der Waals surface area contributed by atoms with E-state index in [2.05, 4.69) is 5.32 Å². The van der Waals surface area contributed by atoms with Crippen molar-refractivity contribution in [3.05, 3.63) is 62.6 Å². The third kappa shape index (κ3) is 3.39. The van der Waals surface area contributed by atoms with Crippen LogP contribution in [0.5, 0.6) is 5.75 Å². The lowest BCUT2D eigenvalue weighted by molar-refractivity contribution is 0.414. The molecule has 2 nitrogen and oxygen atoms in total. The van der Waals surface area contributed by atoms with Crippen molar-refractivity contribution in [2.45, 2.75) is 6.04 Å². The standard InChI is InChI=1S/C15H14Cl3NO/c1-19-15(10-5-11(16)8-12(17)6-10)9-3-4-13(18)14(7-9)20-2/h3-8,15,19H,1-2H3. The van der Waals surface area contributed by atoms with Crippen LogP contribution in [-0.2, 0) is 0 Å². The Bertz CT molecular complexity index is 596. The van der Waals surface area contributed by atoms with Crippen LogP contribution in [0.25, 0.3) is 0 Å². The summed E-state index contributed by atoms with van der Waals surface area (Å²) in [6.45, 7) is 0. The van der Waals surface area contributed by atoms with Gasteiger partial charge in [-0.25, -0.2) is 0 Å². The second-order valence-corrected chi connectivity index (χ2v) is 5.60. The lowest BCUT2D eigenvalue weighted by Crippen LogP contribution is -2.17. The van der Waals surface area contributed by atoms with Crippen LogP contribution in [0.2, 0.25) is 15.1 Å². The quantitative estimate of drug-likeness (QED) is 0.855. The molecule has 0 fully saturated rings. The molecule has 1 atom stereocenters. The predicted octanol–water partition coefficient (Wildman–Crippen LogP) is 4.96. The molecule has 0 heterocycles. The topological polar surface area (TPSA) is 21.3 Å². The van der Waals surface area contributed by atoms with Gasteiger partial charge in [0.25, 0.3) is 0 Å². The number of rotatable bonds is 4. The summed E-state index contributed by atoms with van der Waals surface area (Å²) >= 11 is 18.2. The molecule has 0 aliphatic rings. The minimum atomic E-state index is -0.0441. The summed E-state index contributed by atoms with van der Waals surface area (Å²) in [7, 11) is 3.47. The largest absolute Gasteiger partial charge is 0.495 e. The molecule has 0 saturated carbocycles. The maximum atomic E-state index is 6.06. The van der Waals surface area contributed by atoms with Crippen LogP contribution in [0.1, 0.15) is 17.2 Å². The van der Waals surface area contributed by atoms with E-state index in [1.54, 1.807) is 13.2 Å². The highest BCUT2D eigenvalue weighted by Gasteiger charge is 2.15. The van der Waals surface area contributed by atoms with Crippen molar-refractivity contribution in [1.29, 1.82) is 0 Å². The average Bonchev–Trinajstić information content (AvgIpc) is 2.40. The molecule has 20 heavy (non-hydrogen) atoms. The van der Waals surface area contributed by atoms with Crippen LogP contribution < -0.4 is 10.1 Å². The Balaban J connectivity index is 2.46. The van der Waals surface area contributed by atoms with E-state index in [0.717, 1.165) is 11.1 Å². The fraction of sp³-hybridized carbons (Fsp3) is 0.200. The fourth-order valence-corrected chi connectivity index (χ4v) is 2.86. The number of methoxy groups -OCH3 is 1. The number of benzene rings is 2. The first-order chi connectivity index (χ1) is 9.55. The van der Waals surface area contributed by atoms with Crippen LogP contribution >= 0.6 is 34.8 Å². The highest BCUT2D eigenvalue weighted by molar-refractivity contribution is 6.34. The monoisotopic (exact) mass is 329 g/mol. The van der Waals surface area contributed by atoms with Gasteiger partial charge in [0.15, 0.2) is 0 Å². The van der Waals surface area contributed by atoms with Crippen molar-refractivity contribution in [3.8, 4) is 5.75 Å². The maximum absolute atomic E-state index is 6.06. The van der Waals surface area contributed by atoms with E-state index in [0.29, 0.717) is 20.8 Å². The zero-order valence-corrected chi connectivity index (χ0v) is 13.4. The van der Waals surface area contributed by atoms with E-state index in [1.165, 1.54) is 0 Å². The molecule has 0 aliphatic heterocycles. The Hall–Kier alpha value is -0.930. The van der Waals surface area contributed by atoms with Gasteiger partial charge in [0.1, 0.15) is 5.75 Å². The lowest BCUT2D eigenvalue weighted by atomic mass is 9.98. The van der Waals surface area contributed by atoms with Crippen LogP contribution in [0.4, 0.5) is 0 Å². The first kappa shape index (κ1) is 15.5. The molecular formula is C15H14Cl3NO. The Morgan fingerprint density at radius 2 is 1.60 bits per heavy atom. The van der Waals surface area contributed by atoms with Crippen molar-refractivity contribution in [2.24, 2.45) is 0 Å². The van der Waals surface area contributed by atoms with Gasteiger partial charge in [-0.3, -0.25) is 0 Å². The third-order valence-corrected chi connectivity index (χ3v) is 3.76. The van der Waals surface area contributed by atoms with E-state index in [1.807, 2.05) is 37.4 Å². The van der Waals surface area contributed by atoms with Crippen molar-refractivity contribution >= 4 is 34.8 Å². The molecule has 1 unspecified atom stereocenters. The van der Waals surface area contributed by atoms with Gasteiger partial charge in [-0.05, 0) is 48.5 Å². The predicted molar refractivity (Wildman–Crippen MR) is 85.4 cm³/mol. The normalized spacial score (nSPS) is 12.2.